The zero-order valence-corrected chi connectivity index (χ0v) is 18.7. The largest absolute Gasteiger partial charge is 0.465 e. The highest BCUT2D eigenvalue weighted by Crippen LogP contribution is 2.66. The molecule has 2 amide bonds. The Hall–Kier alpha value is -3.25. The van der Waals surface area contributed by atoms with Gasteiger partial charge >= 0.3 is 5.97 Å². The molecule has 2 atom stereocenters. The van der Waals surface area contributed by atoms with Crippen molar-refractivity contribution in [3.05, 3.63) is 101 Å². The molecule has 0 aromatic heterocycles. The van der Waals surface area contributed by atoms with Crippen molar-refractivity contribution < 1.29 is 19.1 Å². The molecule has 3 aromatic carbocycles. The molecule has 32 heavy (non-hydrogen) atoms. The Morgan fingerprint density at radius 3 is 2.16 bits per heavy atom. The summed E-state index contributed by atoms with van der Waals surface area (Å²) in [6, 6.07) is 22.6. The highest BCUT2D eigenvalue weighted by atomic mass is 79.9. The molecule has 0 unspecified atom stereocenters. The standard InChI is InChI=1S/C26H18BrNO4/c1-32-25(31)14-7-6-8-15(13-14)28-23(29)21-20-16-9-2-4-11-18(16)26(27,22(21)24(28)30)19-12-5-3-10-17(19)20/h2-13,20-22H,1H3/t20?,21-,22-,26?/m1/s1. The molecule has 0 spiro atoms. The third-order valence-corrected chi connectivity index (χ3v) is 8.39. The van der Waals surface area contributed by atoms with E-state index in [1.165, 1.54) is 12.0 Å². The van der Waals surface area contributed by atoms with Gasteiger partial charge in [-0.3, -0.25) is 9.59 Å². The van der Waals surface area contributed by atoms with Crippen LogP contribution in [0, 0.1) is 11.8 Å². The number of hydrogen-bond acceptors (Lipinski definition) is 4. The summed E-state index contributed by atoms with van der Waals surface area (Å²) >= 11 is 3.98. The lowest BCUT2D eigenvalue weighted by atomic mass is 9.55. The molecule has 1 fully saturated rings. The van der Waals surface area contributed by atoms with Gasteiger partial charge in [-0.05, 0) is 40.5 Å². The number of esters is 1. The van der Waals surface area contributed by atoms with Gasteiger partial charge in [0.15, 0.2) is 0 Å². The van der Waals surface area contributed by atoms with Crippen molar-refractivity contribution in [2.75, 3.05) is 12.0 Å². The van der Waals surface area contributed by atoms with Gasteiger partial charge in [-0.2, -0.15) is 0 Å². The smallest absolute Gasteiger partial charge is 0.337 e. The first-order valence-electron chi connectivity index (χ1n) is 10.4. The van der Waals surface area contributed by atoms with E-state index in [1.807, 2.05) is 36.4 Å². The maximum absolute atomic E-state index is 13.9. The topological polar surface area (TPSA) is 63.7 Å². The molecular formula is C26H18BrNO4. The lowest BCUT2D eigenvalue weighted by Gasteiger charge is -2.51. The molecule has 3 aliphatic carbocycles. The highest BCUT2D eigenvalue weighted by Gasteiger charge is 2.67. The molecule has 1 heterocycles. The Balaban J connectivity index is 1.56. The van der Waals surface area contributed by atoms with Gasteiger partial charge in [-0.25, -0.2) is 9.69 Å². The van der Waals surface area contributed by atoms with Gasteiger partial charge in [0.1, 0.15) is 0 Å². The van der Waals surface area contributed by atoms with Crippen LogP contribution < -0.4 is 4.90 Å². The van der Waals surface area contributed by atoms with Crippen molar-refractivity contribution >= 4 is 39.4 Å². The summed E-state index contributed by atoms with van der Waals surface area (Å²) in [4.78, 5) is 41.0. The van der Waals surface area contributed by atoms with Crippen LogP contribution in [0.2, 0.25) is 0 Å². The Kier molecular flexibility index (Phi) is 4.02. The second kappa shape index (κ2) is 6.62. The minimum atomic E-state index is -0.791. The SMILES string of the molecule is COC(=O)c1cccc(N2C(=O)[C@@H]3C4c5ccccc5C(Br)(c5ccccc54)[C@H]3C2=O)c1. The van der Waals surface area contributed by atoms with E-state index in [2.05, 4.69) is 28.1 Å². The van der Waals surface area contributed by atoms with E-state index in [0.717, 1.165) is 22.3 Å². The quantitative estimate of drug-likeness (QED) is 0.305. The Labute approximate surface area is 193 Å². The van der Waals surface area contributed by atoms with Gasteiger partial charge < -0.3 is 4.74 Å². The van der Waals surface area contributed by atoms with E-state index in [9.17, 15) is 14.4 Å². The van der Waals surface area contributed by atoms with Gasteiger partial charge in [0.25, 0.3) is 0 Å². The maximum atomic E-state index is 13.9. The number of rotatable bonds is 2. The van der Waals surface area contributed by atoms with E-state index < -0.39 is 22.1 Å². The molecule has 2 bridgehead atoms. The van der Waals surface area contributed by atoms with Gasteiger partial charge in [-0.15, -0.1) is 0 Å². The summed E-state index contributed by atoms with van der Waals surface area (Å²) in [5.74, 6) is -2.30. The highest BCUT2D eigenvalue weighted by molar-refractivity contribution is 9.09. The summed E-state index contributed by atoms with van der Waals surface area (Å²) in [5.41, 5.74) is 4.92. The summed E-state index contributed by atoms with van der Waals surface area (Å²) in [7, 11) is 1.30. The maximum Gasteiger partial charge on any atom is 0.337 e. The van der Waals surface area contributed by atoms with Crippen LogP contribution in [-0.4, -0.2) is 24.9 Å². The molecular weight excluding hydrogens is 470 g/mol. The number of anilines is 1. The minimum absolute atomic E-state index is 0.197. The number of nitrogens with zero attached hydrogens (tertiary/aromatic N) is 1. The predicted octanol–water partition coefficient (Wildman–Crippen LogP) is 4.38. The van der Waals surface area contributed by atoms with E-state index >= 15 is 0 Å². The third kappa shape index (κ3) is 2.25. The number of hydrogen-bond donors (Lipinski definition) is 0. The van der Waals surface area contributed by atoms with E-state index in [1.54, 1.807) is 24.3 Å². The molecule has 0 saturated carbocycles. The number of carbonyl (C=O) groups excluding carboxylic acids is 3. The normalized spacial score (nSPS) is 27.1. The Morgan fingerprint density at radius 1 is 0.906 bits per heavy atom. The third-order valence-electron chi connectivity index (χ3n) is 7.04. The van der Waals surface area contributed by atoms with Gasteiger partial charge in [0.2, 0.25) is 11.8 Å². The predicted molar refractivity (Wildman–Crippen MR) is 122 cm³/mol. The molecule has 7 rings (SSSR count). The number of methoxy groups -OCH3 is 1. The molecule has 0 N–H and O–H groups in total. The fourth-order valence-corrected chi connectivity index (χ4v) is 7.03. The zero-order valence-electron chi connectivity index (χ0n) is 17.1. The monoisotopic (exact) mass is 487 g/mol. The molecule has 158 valence electrons. The van der Waals surface area contributed by atoms with Crippen LogP contribution in [-0.2, 0) is 18.7 Å². The van der Waals surface area contributed by atoms with Crippen LogP contribution in [0.5, 0.6) is 0 Å². The van der Waals surface area contributed by atoms with Crippen molar-refractivity contribution in [1.29, 1.82) is 0 Å². The minimum Gasteiger partial charge on any atom is -0.465 e. The summed E-state index contributed by atoms with van der Waals surface area (Å²) in [6.07, 6.45) is 0. The second-order valence-corrected chi connectivity index (χ2v) is 9.67. The average molecular weight is 488 g/mol. The summed E-state index contributed by atoms with van der Waals surface area (Å²) in [5, 5.41) is 0. The molecule has 3 aromatic rings. The van der Waals surface area contributed by atoms with Gasteiger partial charge in [0.05, 0.1) is 34.5 Å². The number of imide groups is 1. The van der Waals surface area contributed by atoms with E-state index in [-0.39, 0.29) is 17.7 Å². The molecule has 1 saturated heterocycles. The van der Waals surface area contributed by atoms with E-state index in [0.29, 0.717) is 11.3 Å². The van der Waals surface area contributed by atoms with Gasteiger partial charge in [-0.1, -0.05) is 70.5 Å². The lowest BCUT2D eigenvalue weighted by molar-refractivity contribution is -0.122. The van der Waals surface area contributed by atoms with Crippen molar-refractivity contribution in [3.63, 3.8) is 0 Å². The van der Waals surface area contributed by atoms with Crippen LogP contribution in [0.15, 0.2) is 72.8 Å². The number of ether oxygens (including phenoxy) is 1. The summed E-state index contributed by atoms with van der Waals surface area (Å²) < 4.78 is 4.02. The van der Waals surface area contributed by atoms with Crippen LogP contribution in [0.25, 0.3) is 0 Å². The van der Waals surface area contributed by atoms with Crippen molar-refractivity contribution in [2.24, 2.45) is 11.8 Å². The fourth-order valence-electron chi connectivity index (χ4n) is 5.82. The summed E-state index contributed by atoms with van der Waals surface area (Å²) in [6.45, 7) is 0. The first-order valence-corrected chi connectivity index (χ1v) is 11.2. The van der Waals surface area contributed by atoms with E-state index in [4.69, 9.17) is 4.74 Å². The first kappa shape index (κ1) is 19.4. The lowest BCUT2D eigenvalue weighted by Crippen LogP contribution is -2.50. The number of halogens is 1. The van der Waals surface area contributed by atoms with Crippen LogP contribution in [0.3, 0.4) is 0 Å². The molecule has 6 heteroatoms. The van der Waals surface area contributed by atoms with Crippen LogP contribution in [0.4, 0.5) is 5.69 Å². The number of benzene rings is 3. The second-order valence-electron chi connectivity index (χ2n) is 8.42. The number of carbonyl (C=O) groups is 3. The first-order chi connectivity index (χ1) is 15.5. The van der Waals surface area contributed by atoms with Crippen LogP contribution in [0.1, 0.15) is 38.5 Å². The molecule has 1 aliphatic heterocycles. The molecule has 5 nitrogen and oxygen atoms in total. The number of alkyl halides is 1. The Morgan fingerprint density at radius 2 is 1.53 bits per heavy atom. The van der Waals surface area contributed by atoms with Crippen molar-refractivity contribution in [1.82, 2.24) is 0 Å². The van der Waals surface area contributed by atoms with Crippen molar-refractivity contribution in [2.45, 2.75) is 10.2 Å². The van der Waals surface area contributed by atoms with Crippen molar-refractivity contribution in [3.8, 4) is 0 Å². The average Bonchev–Trinajstić information content (AvgIpc) is 3.10. The Bertz CT molecular complexity index is 1290. The molecule has 0 radical (unpaired) electrons. The van der Waals surface area contributed by atoms with Crippen LogP contribution >= 0.6 is 15.9 Å². The molecule has 4 aliphatic rings. The zero-order chi connectivity index (χ0) is 22.2. The fraction of sp³-hybridized carbons (Fsp3) is 0.192. The number of amides is 2. The van der Waals surface area contributed by atoms with Gasteiger partial charge in [0, 0.05) is 5.92 Å².